The maximum atomic E-state index is 4.23. The predicted molar refractivity (Wildman–Crippen MR) is 66.4 cm³/mol. The highest BCUT2D eigenvalue weighted by molar-refractivity contribution is 5.79. The molecule has 0 aliphatic heterocycles. The Bertz CT molecular complexity index is 643. The van der Waals surface area contributed by atoms with Crippen molar-refractivity contribution < 1.29 is 0 Å². The van der Waals surface area contributed by atoms with E-state index in [4.69, 9.17) is 0 Å². The van der Waals surface area contributed by atoms with Gasteiger partial charge < -0.3 is 4.57 Å². The first-order valence-electron chi connectivity index (χ1n) is 5.61. The Labute approximate surface area is 98.9 Å². The summed E-state index contributed by atoms with van der Waals surface area (Å²) in [5.74, 6) is 0. The zero-order valence-electron chi connectivity index (χ0n) is 9.54. The lowest BCUT2D eigenvalue weighted by Crippen LogP contribution is -1.94. The van der Waals surface area contributed by atoms with Crippen LogP contribution in [0, 0.1) is 0 Å². The highest BCUT2D eigenvalue weighted by atomic mass is 15.1. The molecule has 0 radical (unpaired) electrons. The fourth-order valence-electron chi connectivity index (χ4n) is 1.91. The maximum absolute atomic E-state index is 4.23. The Morgan fingerprint density at radius 3 is 2.94 bits per heavy atom. The number of pyridine rings is 1. The van der Waals surface area contributed by atoms with Crippen LogP contribution in [0.4, 0.5) is 0 Å². The molecular weight excluding hydrogens is 212 g/mol. The normalized spacial score (nSPS) is 10.9. The zero-order valence-corrected chi connectivity index (χ0v) is 9.54. The summed E-state index contributed by atoms with van der Waals surface area (Å²) in [6, 6.07) is 7.93. The van der Waals surface area contributed by atoms with E-state index in [2.05, 4.69) is 32.7 Å². The van der Waals surface area contributed by atoms with E-state index in [0.29, 0.717) is 0 Å². The van der Waals surface area contributed by atoms with Gasteiger partial charge in [-0.3, -0.25) is 4.98 Å². The average molecular weight is 224 g/mol. The van der Waals surface area contributed by atoms with Gasteiger partial charge in [0.25, 0.3) is 0 Å². The number of rotatable bonds is 2. The van der Waals surface area contributed by atoms with Crippen LogP contribution in [-0.2, 0) is 6.54 Å². The summed E-state index contributed by atoms with van der Waals surface area (Å²) in [7, 11) is 0. The molecule has 3 aromatic heterocycles. The molecule has 3 heterocycles. The molecule has 3 aromatic rings. The monoisotopic (exact) mass is 224 g/mol. The lowest BCUT2D eigenvalue weighted by Gasteiger charge is -2.02. The van der Waals surface area contributed by atoms with E-state index in [9.17, 15) is 0 Å². The molecule has 0 aliphatic carbocycles. The minimum atomic E-state index is 0.860. The number of aryl methyl sites for hydroxylation is 1. The molecular formula is C13H12N4. The molecule has 0 saturated heterocycles. The van der Waals surface area contributed by atoms with Crippen LogP contribution in [0.3, 0.4) is 0 Å². The van der Waals surface area contributed by atoms with Gasteiger partial charge in [0, 0.05) is 30.7 Å². The SMILES string of the molecule is CCn1ccc2nnc(-c3cccnc3)cc21. The molecule has 0 atom stereocenters. The second-order valence-electron chi connectivity index (χ2n) is 3.84. The summed E-state index contributed by atoms with van der Waals surface area (Å²) in [6.07, 6.45) is 5.59. The van der Waals surface area contributed by atoms with E-state index in [1.54, 1.807) is 12.4 Å². The fraction of sp³-hybridized carbons (Fsp3) is 0.154. The van der Waals surface area contributed by atoms with Crippen LogP contribution in [-0.4, -0.2) is 19.7 Å². The molecule has 84 valence electrons. The number of hydrogen-bond donors (Lipinski definition) is 0. The van der Waals surface area contributed by atoms with Crippen LogP contribution in [0.1, 0.15) is 6.92 Å². The Hall–Kier alpha value is -2.23. The maximum Gasteiger partial charge on any atom is 0.111 e. The van der Waals surface area contributed by atoms with Crippen LogP contribution >= 0.6 is 0 Å². The van der Waals surface area contributed by atoms with Gasteiger partial charge >= 0.3 is 0 Å². The second kappa shape index (κ2) is 3.97. The molecule has 0 amide bonds. The van der Waals surface area contributed by atoms with E-state index < -0.39 is 0 Å². The molecule has 0 aromatic carbocycles. The third-order valence-corrected chi connectivity index (χ3v) is 2.82. The molecule has 0 saturated carbocycles. The molecule has 4 heteroatoms. The van der Waals surface area contributed by atoms with Gasteiger partial charge in [-0.05, 0) is 31.2 Å². The molecule has 0 bridgehead atoms. The van der Waals surface area contributed by atoms with Crippen molar-refractivity contribution in [2.24, 2.45) is 0 Å². The second-order valence-corrected chi connectivity index (χ2v) is 3.84. The summed E-state index contributed by atoms with van der Waals surface area (Å²) >= 11 is 0. The average Bonchev–Trinajstić information content (AvgIpc) is 2.81. The lowest BCUT2D eigenvalue weighted by atomic mass is 10.2. The van der Waals surface area contributed by atoms with Crippen LogP contribution in [0.25, 0.3) is 22.3 Å². The first-order valence-corrected chi connectivity index (χ1v) is 5.61. The predicted octanol–water partition coefficient (Wildman–Crippen LogP) is 2.51. The van der Waals surface area contributed by atoms with Crippen molar-refractivity contribution >= 4 is 11.0 Å². The molecule has 3 rings (SSSR count). The first kappa shape index (κ1) is 9.96. The largest absolute Gasteiger partial charge is 0.346 e. The van der Waals surface area contributed by atoms with Crippen molar-refractivity contribution in [1.29, 1.82) is 0 Å². The third-order valence-electron chi connectivity index (χ3n) is 2.82. The van der Waals surface area contributed by atoms with Crippen LogP contribution in [0.5, 0.6) is 0 Å². The van der Waals surface area contributed by atoms with Gasteiger partial charge in [-0.15, -0.1) is 10.2 Å². The van der Waals surface area contributed by atoms with Crippen molar-refractivity contribution in [2.75, 3.05) is 0 Å². The van der Waals surface area contributed by atoms with E-state index in [-0.39, 0.29) is 0 Å². The molecule has 0 unspecified atom stereocenters. The Morgan fingerprint density at radius 2 is 2.18 bits per heavy atom. The van der Waals surface area contributed by atoms with E-state index in [1.807, 2.05) is 24.4 Å². The number of fused-ring (bicyclic) bond motifs is 1. The van der Waals surface area contributed by atoms with Gasteiger partial charge in [0.05, 0.1) is 11.2 Å². The molecule has 0 N–H and O–H groups in total. The fourth-order valence-corrected chi connectivity index (χ4v) is 1.91. The molecule has 0 spiro atoms. The van der Waals surface area contributed by atoms with Gasteiger partial charge in [-0.1, -0.05) is 0 Å². The van der Waals surface area contributed by atoms with Crippen molar-refractivity contribution in [1.82, 2.24) is 19.7 Å². The van der Waals surface area contributed by atoms with Crippen molar-refractivity contribution in [3.63, 3.8) is 0 Å². The van der Waals surface area contributed by atoms with Gasteiger partial charge in [0.15, 0.2) is 0 Å². The van der Waals surface area contributed by atoms with Crippen LogP contribution in [0.2, 0.25) is 0 Å². The summed E-state index contributed by atoms with van der Waals surface area (Å²) in [4.78, 5) is 4.10. The third kappa shape index (κ3) is 1.67. The summed E-state index contributed by atoms with van der Waals surface area (Å²) in [5, 5.41) is 8.45. The lowest BCUT2D eigenvalue weighted by molar-refractivity contribution is 0.796. The number of hydrogen-bond acceptors (Lipinski definition) is 3. The molecule has 4 nitrogen and oxygen atoms in total. The molecule has 0 aliphatic rings. The van der Waals surface area contributed by atoms with Gasteiger partial charge in [0.1, 0.15) is 5.52 Å². The summed E-state index contributed by atoms with van der Waals surface area (Å²) in [6.45, 7) is 3.05. The molecule has 17 heavy (non-hydrogen) atoms. The minimum absolute atomic E-state index is 0.860. The van der Waals surface area contributed by atoms with E-state index >= 15 is 0 Å². The number of aromatic nitrogens is 4. The van der Waals surface area contributed by atoms with E-state index in [0.717, 1.165) is 28.8 Å². The summed E-state index contributed by atoms with van der Waals surface area (Å²) < 4.78 is 2.16. The van der Waals surface area contributed by atoms with Gasteiger partial charge in [-0.25, -0.2) is 0 Å². The van der Waals surface area contributed by atoms with Crippen molar-refractivity contribution in [2.45, 2.75) is 13.5 Å². The van der Waals surface area contributed by atoms with E-state index in [1.165, 1.54) is 0 Å². The minimum Gasteiger partial charge on any atom is -0.346 e. The summed E-state index contributed by atoms with van der Waals surface area (Å²) in [5.41, 5.74) is 3.89. The van der Waals surface area contributed by atoms with Crippen LogP contribution < -0.4 is 0 Å². The van der Waals surface area contributed by atoms with Gasteiger partial charge in [-0.2, -0.15) is 0 Å². The zero-order chi connectivity index (χ0) is 11.7. The smallest absolute Gasteiger partial charge is 0.111 e. The standard InChI is InChI=1S/C13H12N4/c1-2-17-7-5-11-13(17)8-12(16-15-11)10-4-3-6-14-9-10/h3-9H,2H2,1H3. The Balaban J connectivity index is 2.19. The van der Waals surface area contributed by atoms with Crippen LogP contribution in [0.15, 0.2) is 42.9 Å². The van der Waals surface area contributed by atoms with Crippen molar-refractivity contribution in [3.8, 4) is 11.3 Å². The quantitative estimate of drug-likeness (QED) is 0.671. The molecule has 0 fully saturated rings. The highest BCUT2D eigenvalue weighted by Crippen LogP contribution is 2.20. The topological polar surface area (TPSA) is 43.6 Å². The number of nitrogens with zero attached hydrogens (tertiary/aromatic N) is 4. The first-order chi connectivity index (χ1) is 8.38. The van der Waals surface area contributed by atoms with Gasteiger partial charge in [0.2, 0.25) is 0 Å². The van der Waals surface area contributed by atoms with Crippen molar-refractivity contribution in [3.05, 3.63) is 42.9 Å². The Kier molecular flexibility index (Phi) is 2.33. The Morgan fingerprint density at radius 1 is 1.24 bits per heavy atom. The highest BCUT2D eigenvalue weighted by Gasteiger charge is 2.05.